The van der Waals surface area contributed by atoms with E-state index >= 15 is 0 Å². The van der Waals surface area contributed by atoms with Gasteiger partial charge in [-0.05, 0) is 33.1 Å². The minimum Gasteiger partial charge on any atom is -0.206 e. The van der Waals surface area contributed by atoms with Gasteiger partial charge >= 0.3 is 0 Å². The number of benzene rings is 1. The van der Waals surface area contributed by atoms with Crippen LogP contribution in [0.4, 0.5) is 0 Å². The summed E-state index contributed by atoms with van der Waals surface area (Å²) in [6.45, 7) is 0.220. The highest BCUT2D eigenvalue weighted by Gasteiger charge is 2.18. The first-order valence-corrected chi connectivity index (χ1v) is 9.51. The van der Waals surface area contributed by atoms with Crippen molar-refractivity contribution < 1.29 is 8.42 Å². The van der Waals surface area contributed by atoms with Crippen molar-refractivity contribution in [1.82, 2.24) is 4.72 Å². The highest BCUT2D eigenvalue weighted by Crippen LogP contribution is 2.34. The van der Waals surface area contributed by atoms with E-state index in [1.54, 1.807) is 0 Å². The molecule has 20 heavy (non-hydrogen) atoms. The van der Waals surface area contributed by atoms with Crippen LogP contribution >= 0.6 is 50.5 Å². The molecule has 1 aromatic carbocycles. The molecule has 0 saturated heterocycles. The molecule has 2 rings (SSSR count). The third kappa shape index (κ3) is 3.96. The average Bonchev–Trinajstić information content (AvgIpc) is 2.78. The van der Waals surface area contributed by atoms with Crippen molar-refractivity contribution in [1.29, 1.82) is 0 Å². The number of halogens is 3. The van der Waals surface area contributed by atoms with Crippen LogP contribution in [0, 0.1) is 0 Å². The molecule has 0 atom stereocenters. The molecule has 108 valence electrons. The van der Waals surface area contributed by atoms with Gasteiger partial charge in [0.2, 0.25) is 10.0 Å². The molecular formula is C12H10BrCl2NO2S2. The second-order valence-corrected chi connectivity index (χ2v) is 9.00. The van der Waals surface area contributed by atoms with E-state index in [-0.39, 0.29) is 10.8 Å². The average molecular weight is 415 g/mol. The van der Waals surface area contributed by atoms with Gasteiger partial charge < -0.3 is 0 Å². The fourth-order valence-electron chi connectivity index (χ4n) is 1.45. The van der Waals surface area contributed by atoms with E-state index in [0.717, 1.165) is 22.5 Å². The summed E-state index contributed by atoms with van der Waals surface area (Å²) < 4.78 is 27.5. The van der Waals surface area contributed by atoms with E-state index in [4.69, 9.17) is 23.2 Å². The molecule has 0 amide bonds. The Morgan fingerprint density at radius 2 is 1.80 bits per heavy atom. The van der Waals surface area contributed by atoms with Gasteiger partial charge in [-0.1, -0.05) is 35.9 Å². The molecule has 0 aliphatic heterocycles. The van der Waals surface area contributed by atoms with Crippen LogP contribution in [-0.4, -0.2) is 8.42 Å². The first-order chi connectivity index (χ1) is 9.42. The van der Waals surface area contributed by atoms with Crippen molar-refractivity contribution in [3.63, 3.8) is 0 Å². The lowest BCUT2D eigenvalue weighted by Crippen LogP contribution is -2.22. The molecule has 0 spiro atoms. The van der Waals surface area contributed by atoms with Gasteiger partial charge in [-0.15, -0.1) is 22.9 Å². The first-order valence-electron chi connectivity index (χ1n) is 5.50. The molecule has 1 aromatic heterocycles. The van der Waals surface area contributed by atoms with Gasteiger partial charge in [-0.3, -0.25) is 0 Å². The van der Waals surface area contributed by atoms with Crippen LogP contribution in [0.2, 0.25) is 5.02 Å². The summed E-state index contributed by atoms with van der Waals surface area (Å²) in [6.07, 6.45) is 0. The largest absolute Gasteiger partial charge is 0.250 e. The Balaban J connectivity index is 2.08. The fourth-order valence-corrected chi connectivity index (χ4v) is 5.09. The molecule has 0 aliphatic carbocycles. The third-order valence-corrected chi connectivity index (χ3v) is 7.19. The predicted octanol–water partition coefficient (Wildman–Crippen LogP) is 4.38. The van der Waals surface area contributed by atoms with Crippen LogP contribution in [0.1, 0.15) is 11.1 Å². The predicted molar refractivity (Wildman–Crippen MR) is 87.1 cm³/mol. The van der Waals surface area contributed by atoms with Gasteiger partial charge in [0.15, 0.2) is 0 Å². The maximum atomic E-state index is 12.1. The summed E-state index contributed by atoms with van der Waals surface area (Å²) in [5.74, 6) is 0.438. The standard InChI is InChI=1S/C12H10BrCl2NO2S2/c13-12-10(15)5-11(19-12)20(17,18)16-7-9-3-1-8(6-14)2-4-9/h1-5,16H,6-7H2. The Morgan fingerprint density at radius 3 is 2.30 bits per heavy atom. The molecule has 1 heterocycles. The molecule has 0 bridgehead atoms. The van der Waals surface area contributed by atoms with E-state index in [1.807, 2.05) is 24.3 Å². The van der Waals surface area contributed by atoms with Gasteiger partial charge in [0.25, 0.3) is 0 Å². The Kier molecular flexibility index (Phi) is 5.50. The Bertz CT molecular complexity index is 679. The lowest BCUT2D eigenvalue weighted by atomic mass is 10.1. The molecule has 2 aromatic rings. The molecule has 8 heteroatoms. The fraction of sp³-hybridized carbons (Fsp3) is 0.167. The number of alkyl halides is 1. The highest BCUT2D eigenvalue weighted by atomic mass is 79.9. The second kappa shape index (κ2) is 6.77. The topological polar surface area (TPSA) is 46.2 Å². The Labute approximate surface area is 140 Å². The number of nitrogens with one attached hydrogen (secondary N) is 1. The van der Waals surface area contributed by atoms with Crippen LogP contribution in [0.5, 0.6) is 0 Å². The van der Waals surface area contributed by atoms with Crippen LogP contribution < -0.4 is 4.72 Å². The quantitative estimate of drug-likeness (QED) is 0.737. The second-order valence-electron chi connectivity index (χ2n) is 3.96. The highest BCUT2D eigenvalue weighted by molar-refractivity contribution is 9.11. The van der Waals surface area contributed by atoms with Crippen molar-refractivity contribution in [2.24, 2.45) is 0 Å². The molecule has 0 saturated carbocycles. The summed E-state index contributed by atoms with van der Waals surface area (Å²) in [5, 5.41) is 0.391. The van der Waals surface area contributed by atoms with E-state index in [0.29, 0.717) is 14.7 Å². The van der Waals surface area contributed by atoms with Crippen LogP contribution in [0.15, 0.2) is 38.3 Å². The van der Waals surface area contributed by atoms with Crippen LogP contribution in [-0.2, 0) is 22.4 Å². The summed E-state index contributed by atoms with van der Waals surface area (Å²) in [7, 11) is -3.55. The van der Waals surface area contributed by atoms with Crippen molar-refractivity contribution in [2.45, 2.75) is 16.6 Å². The molecule has 0 unspecified atom stereocenters. The normalized spacial score (nSPS) is 11.8. The van der Waals surface area contributed by atoms with Gasteiger partial charge in [0, 0.05) is 12.4 Å². The zero-order valence-electron chi connectivity index (χ0n) is 10.1. The van der Waals surface area contributed by atoms with Crippen LogP contribution in [0.25, 0.3) is 0 Å². The molecule has 0 fully saturated rings. The molecule has 0 radical (unpaired) electrons. The Morgan fingerprint density at radius 1 is 1.20 bits per heavy atom. The summed E-state index contributed by atoms with van der Waals surface area (Å²) >= 11 is 15.8. The van der Waals surface area contributed by atoms with Crippen molar-refractivity contribution in [2.75, 3.05) is 0 Å². The SMILES string of the molecule is O=S(=O)(NCc1ccc(CCl)cc1)c1cc(Cl)c(Br)s1. The molecule has 1 N–H and O–H groups in total. The number of rotatable bonds is 5. The molecule has 0 aliphatic rings. The zero-order chi connectivity index (χ0) is 14.8. The smallest absolute Gasteiger partial charge is 0.206 e. The van der Waals surface area contributed by atoms with Crippen molar-refractivity contribution >= 4 is 60.5 Å². The Hall–Kier alpha value is -0.110. The summed E-state index contributed by atoms with van der Waals surface area (Å²) in [4.78, 5) is 0. The van der Waals surface area contributed by atoms with Gasteiger partial charge in [-0.2, -0.15) is 0 Å². The van der Waals surface area contributed by atoms with Crippen molar-refractivity contribution in [3.8, 4) is 0 Å². The maximum Gasteiger partial charge on any atom is 0.250 e. The van der Waals surface area contributed by atoms with E-state index in [9.17, 15) is 8.42 Å². The van der Waals surface area contributed by atoms with E-state index in [1.165, 1.54) is 6.07 Å². The van der Waals surface area contributed by atoms with Gasteiger partial charge in [-0.25, -0.2) is 13.1 Å². The molecule has 3 nitrogen and oxygen atoms in total. The monoisotopic (exact) mass is 413 g/mol. The van der Waals surface area contributed by atoms with E-state index in [2.05, 4.69) is 20.7 Å². The van der Waals surface area contributed by atoms with Crippen molar-refractivity contribution in [3.05, 3.63) is 50.3 Å². The minimum absolute atomic E-state index is 0.187. The zero-order valence-corrected chi connectivity index (χ0v) is 14.8. The number of thiophene rings is 1. The first kappa shape index (κ1) is 16.3. The number of sulfonamides is 1. The van der Waals surface area contributed by atoms with Gasteiger partial charge in [0.1, 0.15) is 4.21 Å². The van der Waals surface area contributed by atoms with Crippen LogP contribution in [0.3, 0.4) is 0 Å². The number of hydrogen-bond acceptors (Lipinski definition) is 3. The van der Waals surface area contributed by atoms with Gasteiger partial charge in [0.05, 0.1) is 8.81 Å². The third-order valence-electron chi connectivity index (χ3n) is 2.53. The number of hydrogen-bond donors (Lipinski definition) is 1. The minimum atomic E-state index is -3.55. The molecular weight excluding hydrogens is 405 g/mol. The maximum absolute atomic E-state index is 12.1. The lowest BCUT2D eigenvalue weighted by molar-refractivity contribution is 0.583. The lowest BCUT2D eigenvalue weighted by Gasteiger charge is -2.05. The summed E-state index contributed by atoms with van der Waals surface area (Å²) in [5.41, 5.74) is 1.86. The van der Waals surface area contributed by atoms with E-state index < -0.39 is 10.0 Å². The summed E-state index contributed by atoms with van der Waals surface area (Å²) in [6, 6.07) is 8.86.